The molecule has 1 aromatic carbocycles. The zero-order valence-corrected chi connectivity index (χ0v) is 11.4. The first-order valence-corrected chi connectivity index (χ1v) is 6.74. The van der Waals surface area contributed by atoms with Crippen LogP contribution in [0.25, 0.3) is 0 Å². The molecule has 2 heterocycles. The fraction of sp³-hybridized carbons (Fsp3) is 0.267. The van der Waals surface area contributed by atoms with Gasteiger partial charge in [0.25, 0.3) is 5.56 Å². The van der Waals surface area contributed by atoms with Crippen LogP contribution in [0.5, 0.6) is 5.75 Å². The Kier molecular flexibility index (Phi) is 3.68. The van der Waals surface area contributed by atoms with E-state index in [1.54, 1.807) is 6.07 Å². The highest BCUT2D eigenvalue weighted by Gasteiger charge is 2.23. The molecule has 1 atom stereocenters. The quantitative estimate of drug-likeness (QED) is 0.889. The van der Waals surface area contributed by atoms with E-state index >= 15 is 0 Å². The number of carbonyl (C=O) groups is 1. The minimum Gasteiger partial charge on any atom is -0.493 e. The number of para-hydroxylation sites is 1. The first-order valence-electron chi connectivity index (χ1n) is 6.74. The summed E-state index contributed by atoms with van der Waals surface area (Å²) in [5, 5.41) is 6.68. The fourth-order valence-electron chi connectivity index (χ4n) is 2.33. The summed E-state index contributed by atoms with van der Waals surface area (Å²) in [5.41, 5.74) is 0.815. The summed E-state index contributed by atoms with van der Waals surface area (Å²) in [6.07, 6.45) is 1.48. The summed E-state index contributed by atoms with van der Waals surface area (Å²) in [7, 11) is 0. The molecule has 1 N–H and O–H groups in total. The molecule has 2 aromatic rings. The Morgan fingerprint density at radius 2 is 2.19 bits per heavy atom. The van der Waals surface area contributed by atoms with Crippen LogP contribution in [0.1, 0.15) is 11.5 Å². The minimum atomic E-state index is -0.290. The monoisotopic (exact) mass is 285 g/mol. The lowest BCUT2D eigenvalue weighted by atomic mass is 10.0. The highest BCUT2D eigenvalue weighted by Crippen LogP contribution is 2.32. The van der Waals surface area contributed by atoms with E-state index in [0.717, 1.165) is 16.0 Å². The van der Waals surface area contributed by atoms with Crippen LogP contribution in [0.2, 0.25) is 0 Å². The number of hydrogen-bond acceptors (Lipinski definition) is 4. The summed E-state index contributed by atoms with van der Waals surface area (Å²) in [5.74, 6) is 0.781. The molecule has 108 valence electrons. The molecular formula is C15H15N3O3. The number of hydrogen-bond donors (Lipinski definition) is 1. The molecule has 0 bridgehead atoms. The number of fused-ring (bicyclic) bond motifs is 1. The van der Waals surface area contributed by atoms with E-state index in [4.69, 9.17) is 4.74 Å². The third-order valence-electron chi connectivity index (χ3n) is 3.42. The average molecular weight is 285 g/mol. The molecule has 1 aliphatic heterocycles. The molecular weight excluding hydrogens is 270 g/mol. The van der Waals surface area contributed by atoms with Gasteiger partial charge in [-0.05, 0) is 12.1 Å². The van der Waals surface area contributed by atoms with Crippen molar-refractivity contribution >= 4 is 5.91 Å². The van der Waals surface area contributed by atoms with Crippen LogP contribution in [-0.2, 0) is 11.3 Å². The molecule has 3 rings (SSSR count). The Bertz CT molecular complexity index is 711. The number of aromatic nitrogens is 2. The van der Waals surface area contributed by atoms with Gasteiger partial charge in [-0.1, -0.05) is 18.2 Å². The van der Waals surface area contributed by atoms with Gasteiger partial charge in [0.2, 0.25) is 5.91 Å². The summed E-state index contributed by atoms with van der Waals surface area (Å²) in [4.78, 5) is 23.4. The van der Waals surface area contributed by atoms with Gasteiger partial charge in [0.15, 0.2) is 0 Å². The molecule has 0 aliphatic carbocycles. The summed E-state index contributed by atoms with van der Waals surface area (Å²) >= 11 is 0. The Morgan fingerprint density at radius 3 is 3.05 bits per heavy atom. The van der Waals surface area contributed by atoms with Gasteiger partial charge >= 0.3 is 0 Å². The largest absolute Gasteiger partial charge is 0.493 e. The van der Waals surface area contributed by atoms with Crippen LogP contribution in [-0.4, -0.2) is 28.8 Å². The van der Waals surface area contributed by atoms with Crippen LogP contribution in [0.15, 0.2) is 47.4 Å². The maximum Gasteiger partial charge on any atom is 0.267 e. The molecule has 0 fully saturated rings. The van der Waals surface area contributed by atoms with E-state index in [2.05, 4.69) is 10.4 Å². The van der Waals surface area contributed by atoms with Crippen molar-refractivity contribution in [2.45, 2.75) is 12.5 Å². The SMILES string of the molecule is O=C(Cn1ncccc1=O)NCC1COc2ccccc21. The standard InChI is InChI=1S/C15H15N3O3/c19-14(9-18-15(20)6-3-7-17-18)16-8-11-10-21-13-5-2-1-4-12(11)13/h1-7,11H,8-10H2,(H,16,19). The second-order valence-electron chi connectivity index (χ2n) is 4.87. The number of amides is 1. The molecule has 1 aliphatic rings. The van der Waals surface area contributed by atoms with Crippen molar-refractivity contribution in [3.8, 4) is 5.75 Å². The molecule has 1 unspecified atom stereocenters. The van der Waals surface area contributed by atoms with Gasteiger partial charge in [-0.15, -0.1) is 0 Å². The van der Waals surface area contributed by atoms with Crippen molar-refractivity contribution in [3.05, 3.63) is 58.5 Å². The van der Waals surface area contributed by atoms with E-state index in [9.17, 15) is 9.59 Å². The molecule has 0 spiro atoms. The predicted octanol–water partition coefficient (Wildman–Crippen LogP) is 0.536. The molecule has 0 saturated carbocycles. The third-order valence-corrected chi connectivity index (χ3v) is 3.42. The molecule has 0 saturated heterocycles. The van der Waals surface area contributed by atoms with E-state index in [1.807, 2.05) is 24.3 Å². The van der Waals surface area contributed by atoms with Crippen molar-refractivity contribution in [1.29, 1.82) is 0 Å². The van der Waals surface area contributed by atoms with Gasteiger partial charge in [-0.3, -0.25) is 9.59 Å². The molecule has 6 heteroatoms. The van der Waals surface area contributed by atoms with Crippen LogP contribution < -0.4 is 15.6 Å². The van der Waals surface area contributed by atoms with Gasteiger partial charge in [-0.2, -0.15) is 5.10 Å². The number of benzene rings is 1. The van der Waals surface area contributed by atoms with Crippen LogP contribution in [0, 0.1) is 0 Å². The lowest BCUT2D eigenvalue weighted by molar-refractivity contribution is -0.122. The van der Waals surface area contributed by atoms with Crippen molar-refractivity contribution in [2.75, 3.05) is 13.2 Å². The molecule has 21 heavy (non-hydrogen) atoms. The second kappa shape index (κ2) is 5.78. The Hall–Kier alpha value is -2.63. The first-order chi connectivity index (χ1) is 10.2. The highest BCUT2D eigenvalue weighted by atomic mass is 16.5. The lowest BCUT2D eigenvalue weighted by Crippen LogP contribution is -2.35. The lowest BCUT2D eigenvalue weighted by Gasteiger charge is -2.10. The predicted molar refractivity (Wildman–Crippen MR) is 76.2 cm³/mol. The number of carbonyl (C=O) groups excluding carboxylic acids is 1. The number of nitrogens with zero attached hydrogens (tertiary/aromatic N) is 2. The van der Waals surface area contributed by atoms with E-state index in [-0.39, 0.29) is 23.9 Å². The van der Waals surface area contributed by atoms with Crippen LogP contribution in [0.4, 0.5) is 0 Å². The van der Waals surface area contributed by atoms with E-state index < -0.39 is 0 Å². The Morgan fingerprint density at radius 1 is 1.33 bits per heavy atom. The topological polar surface area (TPSA) is 73.2 Å². The Labute approximate surface area is 121 Å². The van der Waals surface area contributed by atoms with Crippen molar-refractivity contribution < 1.29 is 9.53 Å². The van der Waals surface area contributed by atoms with E-state index in [1.165, 1.54) is 12.3 Å². The maximum atomic E-state index is 11.9. The normalized spacial score (nSPS) is 16.1. The summed E-state index contributed by atoms with van der Waals surface area (Å²) in [6, 6.07) is 10.7. The van der Waals surface area contributed by atoms with Gasteiger partial charge < -0.3 is 10.1 Å². The van der Waals surface area contributed by atoms with Gasteiger partial charge in [0.05, 0.1) is 6.61 Å². The van der Waals surface area contributed by atoms with E-state index in [0.29, 0.717) is 13.2 Å². The van der Waals surface area contributed by atoms with Crippen LogP contribution in [0.3, 0.4) is 0 Å². The van der Waals surface area contributed by atoms with Gasteiger partial charge in [0, 0.05) is 30.3 Å². The maximum absolute atomic E-state index is 11.9. The smallest absolute Gasteiger partial charge is 0.267 e. The first kappa shape index (κ1) is 13.4. The van der Waals surface area contributed by atoms with Crippen molar-refractivity contribution in [1.82, 2.24) is 15.1 Å². The van der Waals surface area contributed by atoms with Crippen LogP contribution >= 0.6 is 0 Å². The van der Waals surface area contributed by atoms with Crippen molar-refractivity contribution in [3.63, 3.8) is 0 Å². The third kappa shape index (κ3) is 2.94. The molecule has 0 radical (unpaired) electrons. The Balaban J connectivity index is 1.58. The molecule has 1 aromatic heterocycles. The number of ether oxygens (including phenoxy) is 1. The zero-order valence-electron chi connectivity index (χ0n) is 11.4. The average Bonchev–Trinajstić information content (AvgIpc) is 2.91. The van der Waals surface area contributed by atoms with Gasteiger partial charge in [0.1, 0.15) is 12.3 Å². The highest BCUT2D eigenvalue weighted by molar-refractivity contribution is 5.75. The van der Waals surface area contributed by atoms with Crippen molar-refractivity contribution in [2.24, 2.45) is 0 Å². The second-order valence-corrected chi connectivity index (χ2v) is 4.87. The number of nitrogens with one attached hydrogen (secondary N) is 1. The zero-order chi connectivity index (χ0) is 14.7. The fourth-order valence-corrected chi connectivity index (χ4v) is 2.33. The molecule has 1 amide bonds. The summed E-state index contributed by atoms with van der Waals surface area (Å²) < 4.78 is 6.70. The minimum absolute atomic E-state index is 0.0745. The van der Waals surface area contributed by atoms with Gasteiger partial charge in [-0.25, -0.2) is 4.68 Å². The molecule has 6 nitrogen and oxygen atoms in total. The number of rotatable bonds is 4. The summed E-state index contributed by atoms with van der Waals surface area (Å²) in [6.45, 7) is 0.968.